The molecule has 0 bridgehead atoms. The van der Waals surface area contributed by atoms with Gasteiger partial charge in [-0.3, -0.25) is 0 Å². The second-order valence-electron chi connectivity index (χ2n) is 22.1. The summed E-state index contributed by atoms with van der Waals surface area (Å²) in [6.45, 7) is 17.3. The van der Waals surface area contributed by atoms with Crippen molar-refractivity contribution in [1.82, 2.24) is 0 Å². The van der Waals surface area contributed by atoms with Gasteiger partial charge in [-0.15, -0.1) is 0 Å². The highest BCUT2D eigenvalue weighted by Gasteiger charge is 2.18. The Labute approximate surface area is 498 Å². The first kappa shape index (κ1) is 55.7. The molecule has 0 atom stereocenters. The maximum Gasteiger partial charge on any atom is 0.0466 e. The monoisotopic (exact) mass is 1090 g/mol. The first-order valence-corrected chi connectivity index (χ1v) is 29.1. The molecule has 0 heterocycles. The van der Waals surface area contributed by atoms with Crippen LogP contribution in [0.2, 0.25) is 0 Å². The molecule has 84 heavy (non-hydrogen) atoms. The summed E-state index contributed by atoms with van der Waals surface area (Å²) in [5.41, 5.74) is 28.7. The quantitative estimate of drug-likeness (QED) is 0.108. The van der Waals surface area contributed by atoms with Crippen molar-refractivity contribution in [3.8, 4) is 22.3 Å². The van der Waals surface area contributed by atoms with Crippen LogP contribution >= 0.6 is 0 Å². The molecule has 0 unspecified atom stereocenters. The van der Waals surface area contributed by atoms with Crippen LogP contribution in [-0.2, 0) is 0 Å². The molecular formula is C80H72N4. The van der Waals surface area contributed by atoms with Crippen LogP contribution < -0.4 is 19.6 Å². The molecule has 0 aromatic heterocycles. The van der Waals surface area contributed by atoms with Gasteiger partial charge in [-0.05, 0) is 268 Å². The predicted octanol–water partition coefficient (Wildman–Crippen LogP) is 23.1. The van der Waals surface area contributed by atoms with Gasteiger partial charge in [0.25, 0.3) is 0 Å². The minimum atomic E-state index is 1.13. The van der Waals surface area contributed by atoms with E-state index in [-0.39, 0.29) is 0 Å². The van der Waals surface area contributed by atoms with Crippen LogP contribution in [0.4, 0.5) is 68.2 Å². The van der Waals surface area contributed by atoms with Crippen LogP contribution in [0.15, 0.2) is 291 Å². The van der Waals surface area contributed by atoms with E-state index in [1.165, 1.54) is 78.1 Å². The molecule has 12 aromatic rings. The van der Waals surface area contributed by atoms with Gasteiger partial charge in [-0.25, -0.2) is 0 Å². The standard InChI is InChI=1S/2C40H36N2/c1-29-15-21-39(27-31(29)3)41(35-11-7-5-8-12-35)37-23-17-33(18-24-37)34-19-25-38(26-20-34)42(36-13-9-6-10-14-36)40-22-16-30(2)32(4)28-40;1-29-23-30(2)26-39(25-29)41(35-11-7-5-8-12-35)37-19-15-33(16-20-37)34-17-21-38(22-18-34)42(36-13-9-6-10-14-36)40-27-31(3)24-32(4)28-40/h2*5-28H,1-4H3. The fourth-order valence-corrected chi connectivity index (χ4v) is 11.2. The molecule has 12 aromatic carbocycles. The highest BCUT2D eigenvalue weighted by molar-refractivity contribution is 5.84. The van der Waals surface area contributed by atoms with Gasteiger partial charge in [0.2, 0.25) is 0 Å². The lowest BCUT2D eigenvalue weighted by Gasteiger charge is -2.27. The molecule has 0 aliphatic rings. The Kier molecular flexibility index (Phi) is 16.8. The summed E-state index contributed by atoms with van der Waals surface area (Å²) in [6, 6.07) is 105. The van der Waals surface area contributed by atoms with Crippen LogP contribution in [-0.4, -0.2) is 0 Å². The molecule has 12 rings (SSSR count). The molecule has 0 fully saturated rings. The first-order chi connectivity index (χ1) is 40.9. The number of aryl methyl sites for hydroxylation is 8. The number of rotatable bonds is 14. The van der Waals surface area contributed by atoms with Gasteiger partial charge in [0, 0.05) is 68.2 Å². The minimum Gasteiger partial charge on any atom is -0.310 e. The van der Waals surface area contributed by atoms with Crippen molar-refractivity contribution in [3.63, 3.8) is 0 Å². The average molecular weight is 1090 g/mol. The van der Waals surface area contributed by atoms with Crippen LogP contribution in [0, 0.1) is 55.4 Å². The number of hydrogen-bond acceptors (Lipinski definition) is 4. The lowest BCUT2D eigenvalue weighted by Crippen LogP contribution is -2.10. The lowest BCUT2D eigenvalue weighted by molar-refractivity contribution is 1.25. The van der Waals surface area contributed by atoms with E-state index in [0.29, 0.717) is 0 Å². The molecular weight excluding hydrogens is 1020 g/mol. The molecule has 0 N–H and O–H groups in total. The second kappa shape index (κ2) is 25.3. The van der Waals surface area contributed by atoms with Crippen molar-refractivity contribution in [3.05, 3.63) is 336 Å². The highest BCUT2D eigenvalue weighted by Crippen LogP contribution is 2.42. The molecule has 0 radical (unpaired) electrons. The van der Waals surface area contributed by atoms with Crippen molar-refractivity contribution >= 4 is 68.2 Å². The van der Waals surface area contributed by atoms with E-state index in [0.717, 1.165) is 56.9 Å². The Hall–Kier alpha value is -10.2. The van der Waals surface area contributed by atoms with Gasteiger partial charge in [0.05, 0.1) is 0 Å². The summed E-state index contributed by atoms with van der Waals surface area (Å²) in [5.74, 6) is 0. The molecule has 4 heteroatoms. The third-order valence-corrected chi connectivity index (χ3v) is 15.7. The number of anilines is 12. The maximum atomic E-state index is 2.33. The number of para-hydroxylation sites is 4. The topological polar surface area (TPSA) is 13.0 Å². The minimum absolute atomic E-state index is 1.13. The second-order valence-corrected chi connectivity index (χ2v) is 22.1. The van der Waals surface area contributed by atoms with Crippen LogP contribution in [0.3, 0.4) is 0 Å². The number of nitrogens with zero attached hydrogens (tertiary/aromatic N) is 4. The number of benzene rings is 12. The fraction of sp³-hybridized carbons (Fsp3) is 0.100. The largest absolute Gasteiger partial charge is 0.310 e. The van der Waals surface area contributed by atoms with Gasteiger partial charge < -0.3 is 19.6 Å². The normalized spacial score (nSPS) is 10.9. The van der Waals surface area contributed by atoms with Gasteiger partial charge in [-0.1, -0.05) is 146 Å². The van der Waals surface area contributed by atoms with E-state index >= 15 is 0 Å². The van der Waals surface area contributed by atoms with E-state index in [1.54, 1.807) is 0 Å². The summed E-state index contributed by atoms with van der Waals surface area (Å²) in [4.78, 5) is 9.30. The number of hydrogen-bond donors (Lipinski definition) is 0. The van der Waals surface area contributed by atoms with E-state index in [4.69, 9.17) is 0 Å². The predicted molar refractivity (Wildman–Crippen MR) is 360 cm³/mol. The van der Waals surface area contributed by atoms with Gasteiger partial charge in [0.15, 0.2) is 0 Å². The average Bonchev–Trinajstić information content (AvgIpc) is 3.70. The smallest absolute Gasteiger partial charge is 0.0466 e. The molecule has 0 saturated heterocycles. The van der Waals surface area contributed by atoms with Crippen molar-refractivity contribution < 1.29 is 0 Å². The zero-order valence-electron chi connectivity index (χ0n) is 49.5. The summed E-state index contributed by atoms with van der Waals surface area (Å²) in [7, 11) is 0. The molecule has 0 aliphatic heterocycles. The Bertz CT molecular complexity index is 3810. The lowest BCUT2D eigenvalue weighted by atomic mass is 10.0. The molecule has 4 nitrogen and oxygen atoms in total. The van der Waals surface area contributed by atoms with E-state index in [2.05, 4.69) is 366 Å². The van der Waals surface area contributed by atoms with Crippen LogP contribution in [0.25, 0.3) is 22.3 Å². The van der Waals surface area contributed by atoms with Gasteiger partial charge in [-0.2, -0.15) is 0 Å². The van der Waals surface area contributed by atoms with Crippen molar-refractivity contribution in [2.45, 2.75) is 55.4 Å². The fourth-order valence-electron chi connectivity index (χ4n) is 11.2. The molecule has 0 saturated carbocycles. The first-order valence-electron chi connectivity index (χ1n) is 29.1. The van der Waals surface area contributed by atoms with E-state index < -0.39 is 0 Å². The Morgan fingerprint density at radius 1 is 0.155 bits per heavy atom. The van der Waals surface area contributed by atoms with Crippen molar-refractivity contribution in [2.24, 2.45) is 0 Å². The highest BCUT2D eigenvalue weighted by atomic mass is 15.2. The maximum absolute atomic E-state index is 2.33. The summed E-state index contributed by atoms with van der Waals surface area (Å²) < 4.78 is 0. The SMILES string of the molecule is Cc1cc(C)cc(N(c2ccccc2)c2ccc(-c3ccc(N(c4ccccc4)c4cc(C)cc(C)c4)cc3)cc2)c1.Cc1ccc(N(c2ccccc2)c2ccc(-c3ccc(N(c4ccccc4)c4ccc(C)c(C)c4)cc3)cc2)cc1C. The Morgan fingerprint density at radius 2 is 0.357 bits per heavy atom. The van der Waals surface area contributed by atoms with Crippen molar-refractivity contribution in [2.75, 3.05) is 19.6 Å². The summed E-state index contributed by atoms with van der Waals surface area (Å²) in [5, 5.41) is 0. The van der Waals surface area contributed by atoms with Gasteiger partial charge >= 0.3 is 0 Å². The van der Waals surface area contributed by atoms with Crippen LogP contribution in [0.5, 0.6) is 0 Å². The zero-order valence-corrected chi connectivity index (χ0v) is 49.5. The van der Waals surface area contributed by atoms with Crippen LogP contribution in [0.1, 0.15) is 44.5 Å². The zero-order chi connectivity index (χ0) is 58.1. The Morgan fingerprint density at radius 3 is 0.583 bits per heavy atom. The third kappa shape index (κ3) is 12.8. The third-order valence-electron chi connectivity index (χ3n) is 15.7. The molecule has 0 spiro atoms. The van der Waals surface area contributed by atoms with E-state index in [1.807, 2.05) is 0 Å². The Balaban J connectivity index is 0.000000175. The summed E-state index contributed by atoms with van der Waals surface area (Å²) in [6.07, 6.45) is 0. The van der Waals surface area contributed by atoms with E-state index in [9.17, 15) is 0 Å². The van der Waals surface area contributed by atoms with Crippen molar-refractivity contribution in [1.29, 1.82) is 0 Å². The molecule has 412 valence electrons. The summed E-state index contributed by atoms with van der Waals surface area (Å²) >= 11 is 0. The molecule has 0 aliphatic carbocycles. The molecule has 0 amide bonds. The van der Waals surface area contributed by atoms with Gasteiger partial charge in [0.1, 0.15) is 0 Å².